The second-order valence-electron chi connectivity index (χ2n) is 19.7. The molecule has 0 fully saturated rings. The normalized spacial score (nSPS) is 13.2. The lowest BCUT2D eigenvalue weighted by Crippen LogP contribution is -2.32. The molecule has 0 saturated carbocycles. The van der Waals surface area contributed by atoms with Gasteiger partial charge in [0.25, 0.3) is 5.91 Å². The van der Waals surface area contributed by atoms with Gasteiger partial charge < -0.3 is 65.2 Å². The summed E-state index contributed by atoms with van der Waals surface area (Å²) in [4.78, 5) is 47.7. The number of fused-ring (bicyclic) bond motifs is 2. The monoisotopic (exact) mass is 1190 g/mol. The number of nitrogens with zero attached hydrogens (tertiary/aromatic N) is 3. The summed E-state index contributed by atoms with van der Waals surface area (Å²) in [7, 11) is 0. The number of nitriles is 1. The molecule has 0 aromatic heterocycles. The summed E-state index contributed by atoms with van der Waals surface area (Å²) >= 11 is 0. The lowest BCUT2D eigenvalue weighted by Gasteiger charge is -2.22. The maximum atomic E-state index is 12.5. The predicted octanol–water partition coefficient (Wildman–Crippen LogP) is 8.49. The minimum Gasteiger partial charge on any atom is -0.488 e. The van der Waals surface area contributed by atoms with Gasteiger partial charge in [0.1, 0.15) is 19.3 Å². The first-order valence-corrected chi connectivity index (χ1v) is 27.3. The third-order valence-corrected chi connectivity index (χ3v) is 12.9. The van der Waals surface area contributed by atoms with Crippen molar-refractivity contribution in [3.8, 4) is 29.1 Å². The topological polar surface area (TPSA) is 255 Å². The van der Waals surface area contributed by atoms with Gasteiger partial charge in [0.05, 0.1) is 34.7 Å². The molecule has 0 radical (unpaired) electrons. The highest BCUT2D eigenvalue weighted by Gasteiger charge is 2.31. The Balaban J connectivity index is 0.000000278. The zero-order valence-electron chi connectivity index (χ0n) is 47.1. The molecule has 2 heterocycles. The van der Waals surface area contributed by atoms with E-state index in [0.29, 0.717) is 87.3 Å². The van der Waals surface area contributed by atoms with E-state index < -0.39 is 43.4 Å². The fraction of sp³-hybridized carbons (Fsp3) is 0.393. The Morgan fingerprint density at radius 1 is 0.647 bits per heavy atom. The smallest absolute Gasteiger partial charge is 0.422 e. The van der Waals surface area contributed by atoms with Gasteiger partial charge in [0.15, 0.2) is 36.2 Å². The molecule has 1 amide bonds. The first-order valence-electron chi connectivity index (χ1n) is 27.3. The van der Waals surface area contributed by atoms with Crippen LogP contribution in [0.5, 0.6) is 23.0 Å². The van der Waals surface area contributed by atoms with E-state index in [1.165, 1.54) is 12.1 Å². The SMILES string of the molecule is C[C@H](Cc1cc(C#N)c2c(c1)CCN2CCCOC(=O)c1ccccc1)NCCOc1ccccc1OCC(F)(F)F.C[C@H](Cc1cc2c(c(C(N)=O)c1)N(CCCO)CC2)NCCOc1ccccc1OCC(F)(F)F.O=C(O)/C=C\C(=O)O. The third-order valence-electron chi connectivity index (χ3n) is 12.9. The van der Waals surface area contributed by atoms with Gasteiger partial charge in [0, 0.05) is 70.1 Å². The van der Waals surface area contributed by atoms with Crippen LogP contribution >= 0.6 is 0 Å². The number of primary amides is 1. The Labute approximate surface area is 488 Å². The molecule has 5 aromatic rings. The second-order valence-corrected chi connectivity index (χ2v) is 19.7. The molecule has 2 aliphatic heterocycles. The summed E-state index contributed by atoms with van der Waals surface area (Å²) in [5, 5.41) is 41.3. The molecular weight excluding hydrogens is 1120 g/mol. The number of carboxylic acid groups (broad SMARTS) is 2. The molecule has 85 heavy (non-hydrogen) atoms. The molecule has 2 atom stereocenters. The van der Waals surface area contributed by atoms with E-state index in [-0.39, 0.29) is 60.9 Å². The van der Waals surface area contributed by atoms with Gasteiger partial charge in [-0.1, -0.05) is 54.6 Å². The van der Waals surface area contributed by atoms with E-state index in [1.807, 2.05) is 32.0 Å². The van der Waals surface area contributed by atoms with Crippen molar-refractivity contribution in [2.75, 3.05) is 88.7 Å². The first-order chi connectivity index (χ1) is 40.5. The van der Waals surface area contributed by atoms with Gasteiger partial charge in [-0.2, -0.15) is 31.6 Å². The van der Waals surface area contributed by atoms with E-state index in [0.717, 1.165) is 59.6 Å². The summed E-state index contributed by atoms with van der Waals surface area (Å²) in [6, 6.07) is 31.9. The number of carboxylic acids is 2. The number of rotatable bonds is 29. The maximum absolute atomic E-state index is 12.5. The molecule has 2 aliphatic rings. The number of aliphatic hydroxyl groups is 1. The standard InChI is InChI=1S/C32H34F3N3O4.C25H32F3N3O4.C4H4O4/c1-23(37-13-17-40-28-10-5-6-11-29(28)42-22-32(33,34)35)18-24-19-26-12-15-38(30(26)27(20-24)21-36)14-7-16-41-31(39)25-8-3-2-4-9-25;1-17(30-8-12-34-21-5-2-3-6-22(21)35-16-25(26,27)28)13-18-14-19-7-10-31(9-4-11-32)23(19)20(15-18)24(29)33;5-3(6)1-2-4(7)8/h2-6,8-11,19-20,23,37H,7,12-18,22H2,1H3;2-3,5-6,14-15,17,30,32H,4,7-13,16H2,1H3,(H2,29,33);1-2H,(H,5,6)(H,7,8)/b;;2-1-/t23-;17-;/m11./s1. The molecule has 0 saturated heterocycles. The van der Waals surface area contributed by atoms with Crippen molar-refractivity contribution in [1.29, 1.82) is 5.26 Å². The fourth-order valence-corrected chi connectivity index (χ4v) is 9.30. The highest BCUT2D eigenvalue weighted by atomic mass is 19.4. The maximum Gasteiger partial charge on any atom is 0.422 e. The van der Waals surface area contributed by atoms with Gasteiger partial charge in [-0.05, 0) is 123 Å². The molecule has 7 N–H and O–H groups in total. The molecule has 24 heteroatoms. The third kappa shape index (κ3) is 23.6. The zero-order valence-corrected chi connectivity index (χ0v) is 47.1. The summed E-state index contributed by atoms with van der Waals surface area (Å²) in [6.07, 6.45) is -3.43. The zero-order chi connectivity index (χ0) is 61.9. The number of esters is 1. The Bertz CT molecular complexity index is 3030. The average molecular weight is 1190 g/mol. The summed E-state index contributed by atoms with van der Waals surface area (Å²) in [5.41, 5.74) is 13.4. The van der Waals surface area contributed by atoms with Gasteiger partial charge >= 0.3 is 30.3 Å². The number of amides is 1. The molecule has 0 unspecified atom stereocenters. The number of aliphatic carboxylic acids is 2. The van der Waals surface area contributed by atoms with Crippen molar-refractivity contribution in [3.63, 3.8) is 0 Å². The van der Waals surface area contributed by atoms with E-state index in [1.54, 1.807) is 60.7 Å². The Hall–Kier alpha value is -8.53. The fourth-order valence-electron chi connectivity index (χ4n) is 9.30. The number of carbonyl (C=O) groups is 4. The summed E-state index contributed by atoms with van der Waals surface area (Å²) < 4.78 is 101. The van der Waals surface area contributed by atoms with E-state index in [9.17, 15) is 50.8 Å². The van der Waals surface area contributed by atoms with Crippen LogP contribution in [0.15, 0.2) is 115 Å². The number of aliphatic hydroxyl groups excluding tert-OH is 1. The van der Waals surface area contributed by atoms with Crippen molar-refractivity contribution < 1.29 is 84.5 Å². The number of carbonyl (C=O) groups excluding carboxylic acids is 2. The Morgan fingerprint density at radius 2 is 1.09 bits per heavy atom. The van der Waals surface area contributed by atoms with Crippen molar-refractivity contribution in [3.05, 3.63) is 154 Å². The van der Waals surface area contributed by atoms with Crippen LogP contribution in [0.2, 0.25) is 0 Å². The van der Waals surface area contributed by atoms with Crippen molar-refractivity contribution in [2.45, 2.75) is 76.8 Å². The number of ether oxygens (including phenoxy) is 5. The van der Waals surface area contributed by atoms with Crippen LogP contribution in [0.25, 0.3) is 0 Å². The molecular formula is C61H70F6N6O12. The predicted molar refractivity (Wildman–Crippen MR) is 305 cm³/mol. The van der Waals surface area contributed by atoms with Crippen LogP contribution < -0.4 is 45.1 Å². The van der Waals surface area contributed by atoms with Gasteiger partial charge in [-0.3, -0.25) is 4.79 Å². The van der Waals surface area contributed by atoms with Gasteiger partial charge in [0.2, 0.25) is 0 Å². The van der Waals surface area contributed by atoms with Crippen LogP contribution in [0.4, 0.5) is 37.7 Å². The van der Waals surface area contributed by atoms with Crippen LogP contribution in [-0.4, -0.2) is 142 Å². The summed E-state index contributed by atoms with van der Waals surface area (Å²) in [6.45, 7) is 6.07. The van der Waals surface area contributed by atoms with Crippen LogP contribution in [0, 0.1) is 11.3 Å². The number of benzene rings is 5. The summed E-state index contributed by atoms with van der Waals surface area (Å²) in [5.74, 6) is -2.72. The lowest BCUT2D eigenvalue weighted by atomic mass is 9.98. The van der Waals surface area contributed by atoms with Crippen LogP contribution in [0.3, 0.4) is 0 Å². The molecule has 7 rings (SSSR count). The van der Waals surface area contributed by atoms with E-state index >= 15 is 0 Å². The van der Waals surface area contributed by atoms with Crippen molar-refractivity contribution in [1.82, 2.24) is 10.6 Å². The largest absolute Gasteiger partial charge is 0.488 e. The van der Waals surface area contributed by atoms with E-state index in [2.05, 4.69) is 38.6 Å². The van der Waals surface area contributed by atoms with Crippen molar-refractivity contribution in [2.24, 2.45) is 5.73 Å². The Kier molecular flexibility index (Phi) is 26.7. The number of hydrogen-bond donors (Lipinski definition) is 6. The highest BCUT2D eigenvalue weighted by Crippen LogP contribution is 2.36. The number of hydrogen-bond acceptors (Lipinski definition) is 15. The van der Waals surface area contributed by atoms with E-state index in [4.69, 9.17) is 44.7 Å². The number of nitrogens with one attached hydrogen (secondary N) is 2. The number of anilines is 2. The van der Waals surface area contributed by atoms with Crippen LogP contribution in [0.1, 0.15) is 75.2 Å². The van der Waals surface area contributed by atoms with Gasteiger partial charge in [-0.15, -0.1) is 0 Å². The highest BCUT2D eigenvalue weighted by molar-refractivity contribution is 6.00. The Morgan fingerprint density at radius 3 is 1.55 bits per heavy atom. The molecule has 458 valence electrons. The molecule has 0 bridgehead atoms. The first kappa shape index (κ1) is 67.3. The average Bonchev–Trinajstić information content (AvgIpc) is 2.42. The number of alkyl halides is 6. The molecule has 0 aliphatic carbocycles. The minimum atomic E-state index is -4.43. The quantitative estimate of drug-likeness (QED) is 0.0114. The van der Waals surface area contributed by atoms with Crippen molar-refractivity contribution >= 4 is 35.2 Å². The van der Waals surface area contributed by atoms with Gasteiger partial charge in [-0.25, -0.2) is 14.4 Å². The molecule has 18 nitrogen and oxygen atoms in total. The molecule has 5 aromatic carbocycles. The van der Waals surface area contributed by atoms with Crippen LogP contribution in [-0.2, 0) is 40.0 Å². The number of nitrogens with two attached hydrogens (primary N) is 1. The minimum absolute atomic E-state index is 0.0445. The second kappa shape index (κ2) is 33.7. The molecule has 0 spiro atoms. The number of para-hydroxylation sites is 4. The lowest BCUT2D eigenvalue weighted by molar-refractivity contribution is -0.154. The number of halogens is 6.